The van der Waals surface area contributed by atoms with E-state index in [1.54, 1.807) is 20.8 Å². The minimum atomic E-state index is -3.22. The van der Waals surface area contributed by atoms with Crippen LogP contribution >= 0.6 is 23.2 Å². The van der Waals surface area contributed by atoms with Crippen LogP contribution in [0.25, 0.3) is 0 Å². The lowest BCUT2D eigenvalue weighted by Crippen LogP contribution is -2.32. The van der Waals surface area contributed by atoms with Gasteiger partial charge in [-0.3, -0.25) is 0 Å². The normalized spacial score (nSPS) is 12.5. The highest BCUT2D eigenvalue weighted by atomic mass is 35.5. The van der Waals surface area contributed by atoms with E-state index >= 15 is 0 Å². The third kappa shape index (κ3) is 4.23. The largest absolute Gasteiger partial charge is 0.382 e. The summed E-state index contributed by atoms with van der Waals surface area (Å²) in [6, 6.07) is 2.24. The van der Waals surface area contributed by atoms with Crippen LogP contribution in [0.15, 0.2) is 12.1 Å². The van der Waals surface area contributed by atoms with E-state index in [0.717, 1.165) is 12.1 Å². The minimum absolute atomic E-state index is 0.0550. The predicted molar refractivity (Wildman–Crippen MR) is 78.4 cm³/mol. The third-order valence-electron chi connectivity index (χ3n) is 2.61. The summed E-state index contributed by atoms with van der Waals surface area (Å²) in [6.45, 7) is 5.07. The number of anilines is 1. The van der Waals surface area contributed by atoms with Gasteiger partial charge < -0.3 is 5.32 Å². The molecule has 0 spiro atoms. The second-order valence-electron chi connectivity index (χ2n) is 5.10. The summed E-state index contributed by atoms with van der Waals surface area (Å²) in [5, 5.41) is 3.07. The summed E-state index contributed by atoms with van der Waals surface area (Å²) in [6.07, 6.45) is 0. The van der Waals surface area contributed by atoms with E-state index in [-0.39, 0.29) is 22.3 Å². The van der Waals surface area contributed by atoms with Gasteiger partial charge in [0.1, 0.15) is 5.82 Å². The number of rotatable bonds is 4. The molecule has 19 heavy (non-hydrogen) atoms. The molecule has 0 aliphatic rings. The molecule has 0 bridgehead atoms. The molecule has 0 amide bonds. The van der Waals surface area contributed by atoms with Crippen molar-refractivity contribution in [2.45, 2.75) is 25.5 Å². The van der Waals surface area contributed by atoms with E-state index in [9.17, 15) is 12.8 Å². The second-order valence-corrected chi connectivity index (χ2v) is 8.78. The first kappa shape index (κ1) is 16.5. The molecule has 0 aromatic heterocycles. The molecule has 0 radical (unpaired) electrons. The first-order chi connectivity index (χ1) is 8.54. The van der Waals surface area contributed by atoms with Crippen molar-refractivity contribution in [3.05, 3.63) is 28.0 Å². The zero-order valence-corrected chi connectivity index (χ0v) is 13.3. The van der Waals surface area contributed by atoms with Crippen LogP contribution in [0.3, 0.4) is 0 Å². The lowest BCUT2D eigenvalue weighted by Gasteiger charge is -2.19. The number of sulfone groups is 1. The van der Waals surface area contributed by atoms with Gasteiger partial charge in [-0.15, -0.1) is 0 Å². The summed E-state index contributed by atoms with van der Waals surface area (Å²) < 4.78 is 36.0. The van der Waals surface area contributed by atoms with Gasteiger partial charge in [0.25, 0.3) is 0 Å². The molecule has 1 aromatic rings. The predicted octanol–water partition coefficient (Wildman–Crippen LogP) is 3.76. The van der Waals surface area contributed by atoms with Crippen LogP contribution in [0.5, 0.6) is 0 Å². The van der Waals surface area contributed by atoms with Crippen molar-refractivity contribution in [2.75, 3.05) is 17.6 Å². The number of benzene rings is 1. The number of nitrogens with one attached hydrogen (secondary N) is 1. The van der Waals surface area contributed by atoms with Gasteiger partial charge in [0.2, 0.25) is 0 Å². The van der Waals surface area contributed by atoms with Crippen molar-refractivity contribution in [3.8, 4) is 0 Å². The molecule has 0 saturated heterocycles. The maximum atomic E-state index is 13.0. The van der Waals surface area contributed by atoms with E-state index in [2.05, 4.69) is 5.32 Å². The van der Waals surface area contributed by atoms with Crippen molar-refractivity contribution in [1.29, 1.82) is 0 Å². The van der Waals surface area contributed by atoms with Gasteiger partial charge in [0.15, 0.2) is 9.84 Å². The molecular formula is C12H16Cl2FNO2S. The zero-order valence-electron chi connectivity index (χ0n) is 10.9. The molecule has 0 fully saturated rings. The molecule has 0 saturated carbocycles. The standard InChI is InChI=1S/C12H16Cl2FNO2S/c1-12(2,3)19(17,18)5-4-16-11-9(13)6-8(15)7-10(11)14/h6-7,16H,4-5H2,1-3H3. The Morgan fingerprint density at radius 1 is 1.21 bits per heavy atom. The summed E-state index contributed by atoms with van der Waals surface area (Å²) in [5.41, 5.74) is 0.342. The molecular weight excluding hydrogens is 312 g/mol. The van der Waals surface area contributed by atoms with Gasteiger partial charge in [0, 0.05) is 6.54 Å². The molecule has 0 heterocycles. The third-order valence-corrected chi connectivity index (χ3v) is 5.82. The Morgan fingerprint density at radius 3 is 2.11 bits per heavy atom. The topological polar surface area (TPSA) is 46.2 Å². The minimum Gasteiger partial charge on any atom is -0.382 e. The maximum absolute atomic E-state index is 13.0. The SMILES string of the molecule is CC(C)(C)S(=O)(=O)CCNc1c(Cl)cc(F)cc1Cl. The molecule has 0 aliphatic heterocycles. The summed E-state index contributed by atoms with van der Waals surface area (Å²) >= 11 is 11.7. The Bertz CT molecular complexity index is 545. The molecule has 1 rings (SSSR count). The van der Waals surface area contributed by atoms with Gasteiger partial charge >= 0.3 is 0 Å². The number of hydrogen-bond donors (Lipinski definition) is 1. The highest BCUT2D eigenvalue weighted by Gasteiger charge is 2.28. The van der Waals surface area contributed by atoms with Crippen molar-refractivity contribution >= 4 is 38.7 Å². The molecule has 0 atom stereocenters. The highest BCUT2D eigenvalue weighted by molar-refractivity contribution is 7.92. The van der Waals surface area contributed by atoms with E-state index in [4.69, 9.17) is 23.2 Å². The average molecular weight is 328 g/mol. The molecule has 3 nitrogen and oxygen atoms in total. The quantitative estimate of drug-likeness (QED) is 0.915. The highest BCUT2D eigenvalue weighted by Crippen LogP contribution is 2.31. The van der Waals surface area contributed by atoms with Gasteiger partial charge in [-0.05, 0) is 32.9 Å². The van der Waals surface area contributed by atoms with Crippen molar-refractivity contribution < 1.29 is 12.8 Å². The lowest BCUT2D eigenvalue weighted by molar-refractivity contribution is 0.560. The zero-order chi connectivity index (χ0) is 14.8. The fourth-order valence-corrected chi connectivity index (χ4v) is 2.90. The number of hydrogen-bond acceptors (Lipinski definition) is 3. The Hall–Kier alpha value is -0.520. The molecule has 0 aliphatic carbocycles. The summed E-state index contributed by atoms with van der Waals surface area (Å²) in [4.78, 5) is 0. The van der Waals surface area contributed by atoms with Crippen LogP contribution < -0.4 is 5.32 Å². The van der Waals surface area contributed by atoms with Crippen LogP contribution in [0.2, 0.25) is 10.0 Å². The van der Waals surface area contributed by atoms with Gasteiger partial charge in [-0.2, -0.15) is 0 Å². The average Bonchev–Trinajstić information content (AvgIpc) is 2.20. The molecule has 1 N–H and O–H groups in total. The summed E-state index contributed by atoms with van der Waals surface area (Å²) in [7, 11) is -3.22. The van der Waals surface area contributed by atoms with Gasteiger partial charge in [0.05, 0.1) is 26.2 Å². The fourth-order valence-electron chi connectivity index (χ4n) is 1.33. The Morgan fingerprint density at radius 2 is 1.68 bits per heavy atom. The van der Waals surface area contributed by atoms with Gasteiger partial charge in [-0.1, -0.05) is 23.2 Å². The first-order valence-corrected chi connectivity index (χ1v) is 8.06. The summed E-state index contributed by atoms with van der Waals surface area (Å²) in [5.74, 6) is -0.594. The lowest BCUT2D eigenvalue weighted by atomic mass is 10.3. The second kappa shape index (κ2) is 5.85. The Balaban J connectivity index is 2.75. The Labute approximate surface area is 123 Å². The molecule has 1 aromatic carbocycles. The molecule has 0 unspecified atom stereocenters. The van der Waals surface area contributed by atoms with Crippen molar-refractivity contribution in [1.82, 2.24) is 0 Å². The van der Waals surface area contributed by atoms with E-state index in [0.29, 0.717) is 5.69 Å². The van der Waals surface area contributed by atoms with E-state index in [1.807, 2.05) is 0 Å². The van der Waals surface area contributed by atoms with E-state index in [1.165, 1.54) is 0 Å². The Kier molecular flexibility index (Phi) is 5.09. The van der Waals surface area contributed by atoms with Crippen LogP contribution in [0, 0.1) is 5.82 Å². The monoisotopic (exact) mass is 327 g/mol. The van der Waals surface area contributed by atoms with Crippen LogP contribution in [0.4, 0.5) is 10.1 Å². The van der Waals surface area contributed by atoms with Crippen LogP contribution in [-0.2, 0) is 9.84 Å². The molecule has 7 heteroatoms. The smallest absolute Gasteiger partial charge is 0.156 e. The van der Waals surface area contributed by atoms with Crippen molar-refractivity contribution in [3.63, 3.8) is 0 Å². The maximum Gasteiger partial charge on any atom is 0.156 e. The first-order valence-electron chi connectivity index (χ1n) is 5.65. The van der Waals surface area contributed by atoms with Crippen LogP contribution in [-0.4, -0.2) is 25.5 Å². The number of halogens is 3. The van der Waals surface area contributed by atoms with Crippen molar-refractivity contribution in [2.24, 2.45) is 0 Å². The fraction of sp³-hybridized carbons (Fsp3) is 0.500. The molecule has 108 valence electrons. The van der Waals surface area contributed by atoms with Crippen LogP contribution in [0.1, 0.15) is 20.8 Å². The van der Waals surface area contributed by atoms with Gasteiger partial charge in [-0.25, -0.2) is 12.8 Å². The van der Waals surface area contributed by atoms with E-state index < -0.39 is 20.4 Å².